The lowest BCUT2D eigenvalue weighted by Gasteiger charge is -2.07. The minimum absolute atomic E-state index is 0.0591. The molecule has 3 aromatic rings. The fraction of sp³-hybridized carbons (Fsp3) is 0.375. The Labute approximate surface area is 158 Å². The topological polar surface area (TPSA) is 84.7 Å². The van der Waals surface area contributed by atoms with Gasteiger partial charge in [0.05, 0.1) is 24.7 Å². The van der Waals surface area contributed by atoms with Crippen molar-refractivity contribution in [1.82, 2.24) is 25.1 Å². The molecule has 0 aliphatic rings. The predicted octanol–water partition coefficient (Wildman–Crippen LogP) is 2.79. The summed E-state index contributed by atoms with van der Waals surface area (Å²) in [6.07, 6.45) is 4.66. The van der Waals surface area contributed by atoms with Crippen LogP contribution in [0.1, 0.15) is 17.7 Å². The van der Waals surface area contributed by atoms with E-state index in [9.17, 15) is 4.79 Å². The Bertz CT molecular complexity index is 819. The van der Waals surface area contributed by atoms with E-state index in [-0.39, 0.29) is 5.91 Å². The maximum Gasteiger partial charge on any atom is 0.220 e. The van der Waals surface area contributed by atoms with E-state index in [1.165, 1.54) is 11.2 Å². The van der Waals surface area contributed by atoms with E-state index < -0.39 is 0 Å². The largest absolute Gasteiger partial charge is 0.364 e. The molecule has 7 nitrogen and oxygen atoms in total. The number of aromatic nitrogens is 4. The van der Waals surface area contributed by atoms with Gasteiger partial charge in [-0.2, -0.15) is 5.10 Å². The first-order chi connectivity index (χ1) is 12.3. The summed E-state index contributed by atoms with van der Waals surface area (Å²) < 4.78 is 1.79. The molecule has 3 heterocycles. The fourth-order valence-electron chi connectivity index (χ4n) is 2.40. The molecule has 0 spiro atoms. The van der Waals surface area contributed by atoms with Crippen molar-refractivity contribution in [2.24, 2.45) is 0 Å². The molecule has 0 aliphatic carbocycles. The number of nitrogens with zero attached hydrogens (tertiary/aromatic N) is 4. The van der Waals surface area contributed by atoms with Crippen LogP contribution < -0.4 is 10.6 Å². The van der Waals surface area contributed by atoms with Crippen LogP contribution in [0.3, 0.4) is 0 Å². The highest BCUT2D eigenvalue weighted by Crippen LogP contribution is 2.20. The molecular weight excluding hydrogens is 404 g/mol. The maximum absolute atomic E-state index is 11.6. The van der Waals surface area contributed by atoms with E-state index in [0.29, 0.717) is 19.5 Å². The highest BCUT2D eigenvalue weighted by molar-refractivity contribution is 9.09. The quantitative estimate of drug-likeness (QED) is 0.517. The molecule has 3 aromatic heterocycles. The number of rotatable bonds is 9. The summed E-state index contributed by atoms with van der Waals surface area (Å²) in [6, 6.07) is 4.11. The van der Waals surface area contributed by atoms with Gasteiger partial charge in [-0.3, -0.25) is 4.79 Å². The third-order valence-electron chi connectivity index (χ3n) is 3.63. The lowest BCUT2D eigenvalue weighted by Crippen LogP contribution is -2.27. The molecule has 25 heavy (non-hydrogen) atoms. The average Bonchev–Trinajstić information content (AvgIpc) is 3.28. The number of carbonyl (C=O) groups excluding carboxylic acids is 1. The van der Waals surface area contributed by atoms with Gasteiger partial charge in [0, 0.05) is 23.2 Å². The molecule has 0 bridgehead atoms. The third-order valence-corrected chi connectivity index (χ3v) is 5.06. The predicted molar refractivity (Wildman–Crippen MR) is 103 cm³/mol. The van der Waals surface area contributed by atoms with Crippen LogP contribution in [0.2, 0.25) is 0 Å². The molecule has 9 heteroatoms. The molecule has 1 amide bonds. The Kier molecular flexibility index (Phi) is 6.35. The van der Waals surface area contributed by atoms with E-state index in [1.54, 1.807) is 22.2 Å². The van der Waals surface area contributed by atoms with Crippen LogP contribution in [-0.4, -0.2) is 37.5 Å². The van der Waals surface area contributed by atoms with Crippen molar-refractivity contribution in [3.8, 4) is 0 Å². The minimum atomic E-state index is 0.0591. The zero-order chi connectivity index (χ0) is 17.5. The Morgan fingerprint density at radius 3 is 3.08 bits per heavy atom. The van der Waals surface area contributed by atoms with Crippen LogP contribution in [0.5, 0.6) is 0 Å². The van der Waals surface area contributed by atoms with E-state index in [1.807, 2.05) is 6.07 Å². The Morgan fingerprint density at radius 1 is 1.36 bits per heavy atom. The number of alkyl halides is 1. The van der Waals surface area contributed by atoms with Crippen molar-refractivity contribution < 1.29 is 4.79 Å². The van der Waals surface area contributed by atoms with Crippen LogP contribution >= 0.6 is 27.3 Å². The van der Waals surface area contributed by atoms with Gasteiger partial charge in [0.25, 0.3) is 0 Å². The van der Waals surface area contributed by atoms with Gasteiger partial charge in [-0.05, 0) is 17.9 Å². The number of nitrogens with one attached hydrogen (secondary N) is 2. The number of hydrogen-bond donors (Lipinski definition) is 2. The van der Waals surface area contributed by atoms with E-state index in [4.69, 9.17) is 0 Å². The number of carbonyl (C=O) groups is 1. The highest BCUT2D eigenvalue weighted by atomic mass is 79.9. The van der Waals surface area contributed by atoms with Gasteiger partial charge in [-0.15, -0.1) is 11.3 Å². The molecule has 0 radical (unpaired) electrons. The zero-order valence-electron chi connectivity index (χ0n) is 13.6. The third kappa shape index (κ3) is 4.76. The van der Waals surface area contributed by atoms with Crippen LogP contribution in [0, 0.1) is 0 Å². The van der Waals surface area contributed by atoms with Crippen molar-refractivity contribution in [2.75, 3.05) is 17.2 Å². The number of hydrogen-bond acceptors (Lipinski definition) is 6. The molecule has 0 aliphatic heterocycles. The first-order valence-electron chi connectivity index (χ1n) is 8.03. The van der Waals surface area contributed by atoms with Gasteiger partial charge in [-0.1, -0.05) is 22.0 Å². The second-order valence-corrected chi connectivity index (χ2v) is 7.23. The number of anilines is 1. The molecule has 0 unspecified atom stereocenters. The summed E-state index contributed by atoms with van der Waals surface area (Å²) in [5.41, 5.74) is 0.762. The summed E-state index contributed by atoms with van der Waals surface area (Å²) in [4.78, 5) is 21.5. The number of amides is 1. The number of thiophene rings is 1. The summed E-state index contributed by atoms with van der Waals surface area (Å²) in [5.74, 6) is 0.829. The monoisotopic (exact) mass is 422 g/mol. The van der Waals surface area contributed by atoms with Crippen molar-refractivity contribution in [3.05, 3.63) is 34.9 Å². The molecule has 0 saturated heterocycles. The fourth-order valence-corrected chi connectivity index (χ4v) is 3.32. The first kappa shape index (κ1) is 17.8. The van der Waals surface area contributed by atoms with E-state index >= 15 is 0 Å². The summed E-state index contributed by atoms with van der Waals surface area (Å²) in [5, 5.41) is 14.4. The normalized spacial score (nSPS) is 10.9. The lowest BCUT2D eigenvalue weighted by molar-refractivity contribution is -0.121. The van der Waals surface area contributed by atoms with Crippen LogP contribution in [0.15, 0.2) is 30.0 Å². The van der Waals surface area contributed by atoms with Crippen LogP contribution in [-0.2, 0) is 17.9 Å². The highest BCUT2D eigenvalue weighted by Gasteiger charge is 2.10. The van der Waals surface area contributed by atoms with E-state index in [0.717, 1.165) is 35.1 Å². The lowest BCUT2D eigenvalue weighted by atomic mass is 10.3. The molecule has 3 rings (SSSR count). The SMILES string of the molecule is O=C(CCCBr)NCCn1ncc2c(NCc3cccs3)ncnc21. The minimum Gasteiger partial charge on any atom is -0.364 e. The average molecular weight is 423 g/mol. The molecule has 0 aromatic carbocycles. The van der Waals surface area contributed by atoms with Crippen LogP contribution in [0.4, 0.5) is 5.82 Å². The maximum atomic E-state index is 11.6. The summed E-state index contributed by atoms with van der Waals surface area (Å²) in [6.45, 7) is 1.82. The van der Waals surface area contributed by atoms with Gasteiger partial charge in [0.1, 0.15) is 12.1 Å². The smallest absolute Gasteiger partial charge is 0.220 e. The second kappa shape index (κ2) is 8.91. The van der Waals surface area contributed by atoms with Gasteiger partial charge in [-0.25, -0.2) is 14.6 Å². The van der Waals surface area contributed by atoms with Crippen molar-refractivity contribution in [2.45, 2.75) is 25.9 Å². The van der Waals surface area contributed by atoms with Gasteiger partial charge in [0.2, 0.25) is 5.91 Å². The van der Waals surface area contributed by atoms with Crippen molar-refractivity contribution in [3.63, 3.8) is 0 Å². The Morgan fingerprint density at radius 2 is 2.28 bits per heavy atom. The van der Waals surface area contributed by atoms with Crippen molar-refractivity contribution >= 4 is 50.0 Å². The number of halogens is 1. The van der Waals surface area contributed by atoms with Crippen molar-refractivity contribution in [1.29, 1.82) is 0 Å². The summed E-state index contributed by atoms with van der Waals surface area (Å²) >= 11 is 5.03. The Balaban J connectivity index is 1.61. The van der Waals surface area contributed by atoms with Gasteiger partial charge in [0.15, 0.2) is 5.65 Å². The van der Waals surface area contributed by atoms with Crippen LogP contribution in [0.25, 0.3) is 11.0 Å². The summed E-state index contributed by atoms with van der Waals surface area (Å²) in [7, 11) is 0. The molecule has 132 valence electrons. The van der Waals surface area contributed by atoms with E-state index in [2.05, 4.69) is 53.1 Å². The molecule has 2 N–H and O–H groups in total. The Hall–Kier alpha value is -2.00. The second-order valence-electron chi connectivity index (χ2n) is 5.40. The molecular formula is C16H19BrN6OS. The first-order valence-corrected chi connectivity index (χ1v) is 10.0. The molecule has 0 fully saturated rings. The molecule has 0 saturated carbocycles. The van der Waals surface area contributed by atoms with Gasteiger partial charge >= 0.3 is 0 Å². The van der Waals surface area contributed by atoms with Gasteiger partial charge < -0.3 is 10.6 Å². The number of fused-ring (bicyclic) bond motifs is 1. The molecule has 0 atom stereocenters. The zero-order valence-corrected chi connectivity index (χ0v) is 16.0. The standard InChI is InChI=1S/C16H19BrN6OS/c17-5-1-4-14(24)18-6-7-23-16-13(10-22-23)15(20-11-21-16)19-9-12-3-2-8-25-12/h2-3,8,10-11H,1,4-7,9H2,(H,18,24)(H,19,20,21).